The van der Waals surface area contributed by atoms with E-state index in [9.17, 15) is 4.79 Å². The fourth-order valence-corrected chi connectivity index (χ4v) is 2.19. The zero-order valence-corrected chi connectivity index (χ0v) is 10.5. The summed E-state index contributed by atoms with van der Waals surface area (Å²) in [5, 5.41) is 0.970. The monoisotopic (exact) mass is 257 g/mol. The van der Waals surface area contributed by atoms with Gasteiger partial charge in [0.05, 0.1) is 30.5 Å². The van der Waals surface area contributed by atoms with E-state index in [0.29, 0.717) is 18.8 Å². The van der Waals surface area contributed by atoms with Gasteiger partial charge in [0.1, 0.15) is 6.29 Å². The molecule has 1 aliphatic heterocycles. The van der Waals surface area contributed by atoms with Gasteiger partial charge >= 0.3 is 0 Å². The van der Waals surface area contributed by atoms with Crippen LogP contribution >= 0.6 is 0 Å². The van der Waals surface area contributed by atoms with Crippen LogP contribution in [0.4, 0.5) is 0 Å². The third-order valence-corrected chi connectivity index (χ3v) is 3.26. The summed E-state index contributed by atoms with van der Waals surface area (Å²) in [7, 11) is 0. The van der Waals surface area contributed by atoms with Crippen molar-refractivity contribution in [1.29, 1.82) is 0 Å². The van der Waals surface area contributed by atoms with Crippen molar-refractivity contribution in [3.8, 4) is 0 Å². The summed E-state index contributed by atoms with van der Waals surface area (Å²) in [6, 6.07) is 9.38. The molecule has 19 heavy (non-hydrogen) atoms. The fraction of sp³-hybridized carbons (Fsp3) is 0.333. The molecule has 0 N–H and O–H groups in total. The number of pyridine rings is 1. The Kier molecular flexibility index (Phi) is 3.53. The second-order valence-corrected chi connectivity index (χ2v) is 4.67. The minimum absolute atomic E-state index is 0.190. The Balaban J connectivity index is 1.75. The van der Waals surface area contributed by atoms with Crippen LogP contribution in [0.3, 0.4) is 0 Å². The van der Waals surface area contributed by atoms with Crippen LogP contribution in [0.25, 0.3) is 10.9 Å². The van der Waals surface area contributed by atoms with Gasteiger partial charge < -0.3 is 9.47 Å². The first-order valence-corrected chi connectivity index (χ1v) is 6.39. The molecule has 1 aromatic heterocycles. The van der Waals surface area contributed by atoms with E-state index in [1.165, 1.54) is 0 Å². The average molecular weight is 257 g/mol. The lowest BCUT2D eigenvalue weighted by molar-refractivity contribution is 0.0303. The molecule has 0 spiro atoms. The highest BCUT2D eigenvalue weighted by Gasteiger charge is 2.16. The molecule has 0 aliphatic carbocycles. The Morgan fingerprint density at radius 1 is 1.37 bits per heavy atom. The van der Waals surface area contributed by atoms with Crippen molar-refractivity contribution >= 4 is 17.2 Å². The second-order valence-electron chi connectivity index (χ2n) is 4.67. The van der Waals surface area contributed by atoms with Crippen molar-refractivity contribution in [2.45, 2.75) is 19.1 Å². The number of carbonyl (C=O) groups excluding carboxylic acids is 1. The molecule has 0 amide bonds. The van der Waals surface area contributed by atoms with Gasteiger partial charge in [-0.25, -0.2) is 0 Å². The summed E-state index contributed by atoms with van der Waals surface area (Å²) < 4.78 is 11.0. The van der Waals surface area contributed by atoms with E-state index in [0.717, 1.165) is 35.9 Å². The van der Waals surface area contributed by atoms with Gasteiger partial charge in [0.25, 0.3) is 0 Å². The minimum atomic E-state index is 0.190. The Morgan fingerprint density at radius 2 is 2.32 bits per heavy atom. The summed E-state index contributed by atoms with van der Waals surface area (Å²) in [4.78, 5) is 15.2. The van der Waals surface area contributed by atoms with E-state index in [-0.39, 0.29) is 6.10 Å². The lowest BCUT2D eigenvalue weighted by Crippen LogP contribution is -2.12. The Hall–Kier alpha value is -1.78. The van der Waals surface area contributed by atoms with Gasteiger partial charge in [0, 0.05) is 17.6 Å². The van der Waals surface area contributed by atoms with Crippen molar-refractivity contribution in [3.05, 3.63) is 41.6 Å². The highest BCUT2D eigenvalue weighted by Crippen LogP contribution is 2.16. The molecule has 1 unspecified atom stereocenters. The predicted molar refractivity (Wildman–Crippen MR) is 71.1 cm³/mol. The zero-order chi connectivity index (χ0) is 13.1. The van der Waals surface area contributed by atoms with Crippen LogP contribution in [0.15, 0.2) is 30.3 Å². The van der Waals surface area contributed by atoms with Crippen molar-refractivity contribution in [2.75, 3.05) is 13.2 Å². The first kappa shape index (κ1) is 12.3. The van der Waals surface area contributed by atoms with Gasteiger partial charge in [-0.3, -0.25) is 9.78 Å². The van der Waals surface area contributed by atoms with E-state index >= 15 is 0 Å². The first-order chi connectivity index (χ1) is 9.35. The molecule has 0 saturated carbocycles. The van der Waals surface area contributed by atoms with Crippen LogP contribution in [0.5, 0.6) is 0 Å². The van der Waals surface area contributed by atoms with Gasteiger partial charge in [-0.1, -0.05) is 6.07 Å². The molecule has 3 rings (SSSR count). The molecule has 98 valence electrons. The maximum absolute atomic E-state index is 10.7. The number of rotatable bonds is 4. The number of fused-ring (bicyclic) bond motifs is 1. The molecule has 0 bridgehead atoms. The first-order valence-electron chi connectivity index (χ1n) is 6.39. The van der Waals surface area contributed by atoms with Crippen LogP contribution in [0.1, 0.15) is 22.5 Å². The van der Waals surface area contributed by atoms with E-state index in [1.807, 2.05) is 24.3 Å². The van der Waals surface area contributed by atoms with Gasteiger partial charge in [-0.05, 0) is 30.7 Å². The van der Waals surface area contributed by atoms with Crippen molar-refractivity contribution in [3.63, 3.8) is 0 Å². The van der Waals surface area contributed by atoms with Crippen LogP contribution in [0.2, 0.25) is 0 Å². The third-order valence-electron chi connectivity index (χ3n) is 3.26. The molecule has 4 heteroatoms. The maximum atomic E-state index is 10.7. The van der Waals surface area contributed by atoms with E-state index in [1.54, 1.807) is 6.07 Å². The number of ether oxygens (including phenoxy) is 2. The Bertz CT molecular complexity index is 591. The molecule has 2 heterocycles. The molecule has 2 aromatic rings. The SMILES string of the molecule is O=Cc1ccc2nc(COC3CCOC3)ccc2c1. The number of carbonyl (C=O) groups is 1. The largest absolute Gasteiger partial charge is 0.379 e. The van der Waals surface area contributed by atoms with E-state index < -0.39 is 0 Å². The molecule has 1 atom stereocenters. The van der Waals surface area contributed by atoms with Gasteiger partial charge in [0.2, 0.25) is 0 Å². The number of nitrogens with zero attached hydrogens (tertiary/aromatic N) is 1. The van der Waals surface area contributed by atoms with Gasteiger partial charge in [0.15, 0.2) is 0 Å². The van der Waals surface area contributed by atoms with E-state index in [4.69, 9.17) is 9.47 Å². The molecule has 1 saturated heterocycles. The van der Waals surface area contributed by atoms with Crippen LogP contribution in [-0.2, 0) is 16.1 Å². The molecular weight excluding hydrogens is 242 g/mol. The predicted octanol–water partition coefficient (Wildman–Crippen LogP) is 2.35. The highest BCUT2D eigenvalue weighted by molar-refractivity contribution is 5.86. The summed E-state index contributed by atoms with van der Waals surface area (Å²) in [5.74, 6) is 0. The lowest BCUT2D eigenvalue weighted by atomic mass is 10.1. The quantitative estimate of drug-likeness (QED) is 0.789. The summed E-state index contributed by atoms with van der Waals surface area (Å²) >= 11 is 0. The van der Waals surface area contributed by atoms with Crippen molar-refractivity contribution in [2.24, 2.45) is 0 Å². The zero-order valence-electron chi connectivity index (χ0n) is 10.5. The van der Waals surface area contributed by atoms with Crippen LogP contribution < -0.4 is 0 Å². The number of hydrogen-bond acceptors (Lipinski definition) is 4. The smallest absolute Gasteiger partial charge is 0.150 e. The Morgan fingerprint density at radius 3 is 3.11 bits per heavy atom. The molecule has 0 radical (unpaired) electrons. The second kappa shape index (κ2) is 5.47. The summed E-state index contributed by atoms with van der Waals surface area (Å²) in [5.41, 5.74) is 2.45. The number of aldehydes is 1. The molecule has 1 fully saturated rings. The van der Waals surface area contributed by atoms with Crippen molar-refractivity contribution in [1.82, 2.24) is 4.98 Å². The van der Waals surface area contributed by atoms with Gasteiger partial charge in [-0.2, -0.15) is 0 Å². The van der Waals surface area contributed by atoms with Crippen LogP contribution in [0, 0.1) is 0 Å². The van der Waals surface area contributed by atoms with E-state index in [2.05, 4.69) is 4.98 Å². The van der Waals surface area contributed by atoms with Crippen LogP contribution in [-0.4, -0.2) is 30.6 Å². The highest BCUT2D eigenvalue weighted by atomic mass is 16.5. The van der Waals surface area contributed by atoms with Gasteiger partial charge in [-0.15, -0.1) is 0 Å². The molecular formula is C15H15NO3. The lowest BCUT2D eigenvalue weighted by Gasteiger charge is -2.09. The average Bonchev–Trinajstić information content (AvgIpc) is 2.97. The standard InChI is InChI=1S/C15H15NO3/c17-8-11-1-4-15-12(7-11)2-3-13(16-15)9-19-14-5-6-18-10-14/h1-4,7-8,14H,5-6,9-10H2. The number of benzene rings is 1. The number of aromatic nitrogens is 1. The molecule has 1 aliphatic rings. The normalized spacial score (nSPS) is 18.8. The third kappa shape index (κ3) is 2.80. The summed E-state index contributed by atoms with van der Waals surface area (Å²) in [6.45, 7) is 1.96. The minimum Gasteiger partial charge on any atom is -0.379 e. The maximum Gasteiger partial charge on any atom is 0.150 e. The number of hydrogen-bond donors (Lipinski definition) is 0. The topological polar surface area (TPSA) is 48.4 Å². The summed E-state index contributed by atoms with van der Waals surface area (Å²) in [6.07, 6.45) is 1.99. The molecule has 4 nitrogen and oxygen atoms in total. The Labute approximate surface area is 111 Å². The fourth-order valence-electron chi connectivity index (χ4n) is 2.19. The van der Waals surface area contributed by atoms with Crippen molar-refractivity contribution < 1.29 is 14.3 Å². The molecule has 1 aromatic carbocycles.